The summed E-state index contributed by atoms with van der Waals surface area (Å²) in [5.74, 6) is -0.771. The molecule has 0 bridgehead atoms. The minimum atomic E-state index is -0.926. The summed E-state index contributed by atoms with van der Waals surface area (Å²) in [6.45, 7) is 0.365. The number of hydrogen-bond acceptors (Lipinski definition) is 5. The van der Waals surface area contributed by atoms with Crippen molar-refractivity contribution < 1.29 is 9.53 Å². The van der Waals surface area contributed by atoms with E-state index in [0.717, 1.165) is 11.1 Å². The van der Waals surface area contributed by atoms with Crippen molar-refractivity contribution in [2.75, 3.05) is 0 Å². The van der Waals surface area contributed by atoms with Gasteiger partial charge >= 0.3 is 0 Å². The van der Waals surface area contributed by atoms with Gasteiger partial charge in [-0.15, -0.1) is 0 Å². The second kappa shape index (κ2) is 10.2. The van der Waals surface area contributed by atoms with Gasteiger partial charge in [0.1, 0.15) is 12.4 Å². The molecule has 0 radical (unpaired) electrons. The van der Waals surface area contributed by atoms with E-state index in [1.54, 1.807) is 42.5 Å². The second-order valence-electron chi connectivity index (χ2n) is 6.38. The van der Waals surface area contributed by atoms with Crippen molar-refractivity contribution >= 4 is 12.1 Å². The van der Waals surface area contributed by atoms with Gasteiger partial charge in [-0.3, -0.25) is 4.79 Å². The van der Waals surface area contributed by atoms with Crippen LogP contribution in [0.4, 0.5) is 0 Å². The van der Waals surface area contributed by atoms with Gasteiger partial charge < -0.3 is 4.74 Å². The predicted molar refractivity (Wildman–Crippen MR) is 112 cm³/mol. The number of carbonyl (C=O) groups excluding carboxylic acids is 1. The molecule has 0 aliphatic rings. The molecule has 30 heavy (non-hydrogen) atoms. The molecule has 3 aromatic carbocycles. The number of nitriles is 2. The van der Waals surface area contributed by atoms with E-state index in [2.05, 4.69) is 16.6 Å². The maximum Gasteiger partial charge on any atom is 0.261 e. The molecular formula is C24H18N4O2. The van der Waals surface area contributed by atoms with Crippen LogP contribution in [0.5, 0.6) is 5.75 Å². The number of hydrogen-bond donors (Lipinski definition) is 1. The van der Waals surface area contributed by atoms with Crippen molar-refractivity contribution in [3.05, 3.63) is 101 Å². The number of nitrogens with zero attached hydrogens (tertiary/aromatic N) is 3. The molecule has 1 atom stereocenters. The molecule has 1 N–H and O–H groups in total. The van der Waals surface area contributed by atoms with E-state index in [1.165, 1.54) is 6.21 Å². The Morgan fingerprint density at radius 3 is 2.50 bits per heavy atom. The zero-order valence-corrected chi connectivity index (χ0v) is 16.0. The summed E-state index contributed by atoms with van der Waals surface area (Å²) in [5.41, 5.74) is 5.31. The van der Waals surface area contributed by atoms with Gasteiger partial charge in [0.25, 0.3) is 5.91 Å². The molecule has 0 aliphatic heterocycles. The maximum atomic E-state index is 12.2. The highest BCUT2D eigenvalue weighted by molar-refractivity contribution is 5.88. The van der Waals surface area contributed by atoms with E-state index in [-0.39, 0.29) is 0 Å². The van der Waals surface area contributed by atoms with Crippen LogP contribution in [0.1, 0.15) is 28.2 Å². The molecule has 1 amide bonds. The van der Waals surface area contributed by atoms with Crippen LogP contribution in [0.3, 0.4) is 0 Å². The Kier molecular flexibility index (Phi) is 6.92. The molecule has 0 saturated heterocycles. The Hall–Kier alpha value is -4.42. The number of ether oxygens (including phenoxy) is 1. The lowest BCUT2D eigenvalue weighted by molar-refractivity contribution is -0.121. The molecule has 3 rings (SSSR count). The van der Waals surface area contributed by atoms with E-state index >= 15 is 0 Å². The topological polar surface area (TPSA) is 98.3 Å². The third-order valence-electron chi connectivity index (χ3n) is 4.26. The molecule has 6 nitrogen and oxygen atoms in total. The van der Waals surface area contributed by atoms with E-state index in [0.29, 0.717) is 23.5 Å². The van der Waals surface area contributed by atoms with Crippen LogP contribution < -0.4 is 10.2 Å². The molecule has 0 fully saturated rings. The van der Waals surface area contributed by atoms with Crippen molar-refractivity contribution in [3.63, 3.8) is 0 Å². The number of nitrogens with one attached hydrogen (secondary N) is 1. The minimum absolute atomic E-state index is 0.365. The van der Waals surface area contributed by atoms with E-state index in [1.807, 2.05) is 42.5 Å². The third kappa shape index (κ3) is 5.54. The molecule has 0 heterocycles. The SMILES string of the molecule is N#Cc1ccc(COc2cccc(/C=N\NC(=O)[C@@H](C#N)c3ccccc3)c2)cc1. The smallest absolute Gasteiger partial charge is 0.261 e. The van der Waals surface area contributed by atoms with Crippen LogP contribution in [0.2, 0.25) is 0 Å². The minimum Gasteiger partial charge on any atom is -0.489 e. The van der Waals surface area contributed by atoms with Gasteiger partial charge in [-0.05, 0) is 41.0 Å². The number of carbonyl (C=O) groups is 1. The summed E-state index contributed by atoms with van der Waals surface area (Å²) >= 11 is 0. The molecule has 0 unspecified atom stereocenters. The number of benzene rings is 3. The van der Waals surface area contributed by atoms with Crippen LogP contribution in [0.25, 0.3) is 0 Å². The number of amides is 1. The zero-order chi connectivity index (χ0) is 21.2. The molecule has 3 aromatic rings. The lowest BCUT2D eigenvalue weighted by Crippen LogP contribution is -2.24. The Bertz CT molecular complexity index is 1110. The summed E-state index contributed by atoms with van der Waals surface area (Å²) < 4.78 is 5.77. The van der Waals surface area contributed by atoms with Crippen LogP contribution in [0, 0.1) is 22.7 Å². The highest BCUT2D eigenvalue weighted by Crippen LogP contribution is 2.16. The van der Waals surface area contributed by atoms with Crippen molar-refractivity contribution in [2.45, 2.75) is 12.5 Å². The number of rotatable bonds is 7. The fourth-order valence-corrected chi connectivity index (χ4v) is 2.69. The first kappa shape index (κ1) is 20.3. The van der Waals surface area contributed by atoms with E-state index in [9.17, 15) is 10.1 Å². The van der Waals surface area contributed by atoms with Crippen molar-refractivity contribution in [1.29, 1.82) is 10.5 Å². The zero-order valence-electron chi connectivity index (χ0n) is 16.0. The highest BCUT2D eigenvalue weighted by Gasteiger charge is 2.19. The van der Waals surface area contributed by atoms with Crippen molar-refractivity contribution in [3.8, 4) is 17.9 Å². The first-order valence-electron chi connectivity index (χ1n) is 9.19. The second-order valence-corrected chi connectivity index (χ2v) is 6.38. The molecule has 146 valence electrons. The summed E-state index contributed by atoms with van der Waals surface area (Å²) in [4.78, 5) is 12.2. The molecule has 0 saturated carbocycles. The average Bonchev–Trinajstić information content (AvgIpc) is 2.79. The van der Waals surface area contributed by atoms with Gasteiger partial charge in [-0.25, -0.2) is 5.43 Å². The van der Waals surface area contributed by atoms with Crippen molar-refractivity contribution in [1.82, 2.24) is 5.43 Å². The molecule has 0 spiro atoms. The first-order valence-corrected chi connectivity index (χ1v) is 9.19. The molecule has 6 heteroatoms. The summed E-state index contributed by atoms with van der Waals surface area (Å²) in [7, 11) is 0. The van der Waals surface area contributed by atoms with Gasteiger partial charge in [0, 0.05) is 0 Å². The average molecular weight is 394 g/mol. The predicted octanol–water partition coefficient (Wildman–Crippen LogP) is 3.89. The van der Waals surface area contributed by atoms with Gasteiger partial charge in [-0.1, -0.05) is 54.6 Å². The lowest BCUT2D eigenvalue weighted by atomic mass is 10.0. The van der Waals surface area contributed by atoms with Gasteiger partial charge in [0.2, 0.25) is 0 Å². The first-order chi connectivity index (χ1) is 14.7. The fraction of sp³-hybridized carbons (Fsp3) is 0.0833. The summed E-state index contributed by atoms with van der Waals surface area (Å²) in [6.07, 6.45) is 1.49. The van der Waals surface area contributed by atoms with Gasteiger partial charge in [-0.2, -0.15) is 15.6 Å². The monoisotopic (exact) mass is 394 g/mol. The lowest BCUT2D eigenvalue weighted by Gasteiger charge is -2.08. The van der Waals surface area contributed by atoms with Crippen LogP contribution in [-0.2, 0) is 11.4 Å². The Morgan fingerprint density at radius 1 is 1.03 bits per heavy atom. The Morgan fingerprint density at radius 2 is 1.80 bits per heavy atom. The molecule has 0 aromatic heterocycles. The third-order valence-corrected chi connectivity index (χ3v) is 4.26. The summed E-state index contributed by atoms with van der Waals surface area (Å²) in [6, 6.07) is 27.3. The van der Waals surface area contributed by atoms with Crippen LogP contribution >= 0.6 is 0 Å². The van der Waals surface area contributed by atoms with Gasteiger partial charge in [0.15, 0.2) is 5.92 Å². The van der Waals surface area contributed by atoms with Gasteiger partial charge in [0.05, 0.1) is 23.9 Å². The van der Waals surface area contributed by atoms with Crippen LogP contribution in [-0.4, -0.2) is 12.1 Å². The largest absolute Gasteiger partial charge is 0.489 e. The highest BCUT2D eigenvalue weighted by atomic mass is 16.5. The van der Waals surface area contributed by atoms with E-state index in [4.69, 9.17) is 10.00 Å². The molecule has 0 aliphatic carbocycles. The standard InChI is InChI=1S/C24H18N4O2/c25-14-18-9-11-19(12-10-18)17-30-22-8-4-5-20(13-22)16-27-28-24(29)23(15-26)21-6-2-1-3-7-21/h1-13,16,23H,17H2,(H,28,29)/b27-16-/t23-/m0/s1. The Labute approximate surface area is 174 Å². The quantitative estimate of drug-likeness (QED) is 0.485. The van der Waals surface area contributed by atoms with Crippen molar-refractivity contribution in [2.24, 2.45) is 5.10 Å². The maximum absolute atomic E-state index is 12.2. The fourth-order valence-electron chi connectivity index (χ4n) is 2.69. The number of hydrazone groups is 1. The molecular weight excluding hydrogens is 376 g/mol. The van der Waals surface area contributed by atoms with Crippen LogP contribution in [0.15, 0.2) is 84.0 Å². The normalized spacial score (nSPS) is 11.3. The summed E-state index contributed by atoms with van der Waals surface area (Å²) in [5, 5.41) is 22.1. The Balaban J connectivity index is 1.57. The van der Waals surface area contributed by atoms with E-state index < -0.39 is 11.8 Å².